The smallest absolute Gasteiger partial charge is 0.333 e. The van der Waals surface area contributed by atoms with Crippen LogP contribution >= 0.6 is 0 Å². The molecule has 0 aromatic heterocycles. The maximum atomic E-state index is 11.6. The van der Waals surface area contributed by atoms with E-state index in [0.717, 1.165) is 19.3 Å². The number of methoxy groups -OCH3 is 1. The molecule has 3 aliphatic rings. The van der Waals surface area contributed by atoms with Crippen molar-refractivity contribution in [2.24, 2.45) is 11.8 Å². The van der Waals surface area contributed by atoms with Crippen molar-refractivity contribution < 1.29 is 23.8 Å². The fourth-order valence-corrected chi connectivity index (χ4v) is 3.37. The summed E-state index contributed by atoms with van der Waals surface area (Å²) in [7, 11) is 1.31. The van der Waals surface area contributed by atoms with Crippen LogP contribution < -0.4 is 0 Å². The van der Waals surface area contributed by atoms with Crippen molar-refractivity contribution >= 4 is 11.9 Å². The highest BCUT2D eigenvalue weighted by atomic mass is 16.6. The van der Waals surface area contributed by atoms with Crippen LogP contribution in [0, 0.1) is 11.8 Å². The van der Waals surface area contributed by atoms with Gasteiger partial charge in [-0.2, -0.15) is 0 Å². The number of esters is 2. The summed E-state index contributed by atoms with van der Waals surface area (Å²) in [5, 5.41) is 0. The van der Waals surface area contributed by atoms with E-state index in [9.17, 15) is 9.59 Å². The lowest BCUT2D eigenvalue weighted by Crippen LogP contribution is -2.56. The molecule has 0 N–H and O–H groups in total. The summed E-state index contributed by atoms with van der Waals surface area (Å²) >= 11 is 0. The molecule has 17 heavy (non-hydrogen) atoms. The van der Waals surface area contributed by atoms with Gasteiger partial charge in [-0.3, -0.25) is 4.79 Å². The van der Waals surface area contributed by atoms with Crippen molar-refractivity contribution in [3.05, 3.63) is 12.3 Å². The summed E-state index contributed by atoms with van der Waals surface area (Å²) in [6.07, 6.45) is 5.17. The fraction of sp³-hybridized carbons (Fsp3) is 0.667. The number of rotatable bonds is 3. The van der Waals surface area contributed by atoms with Crippen LogP contribution in [0.15, 0.2) is 12.3 Å². The SMILES string of the molecule is COC(=O)/C=C/O[C@@]12[C@H]3CC[C@@H]1OC(=O)[C@@H]2C3. The van der Waals surface area contributed by atoms with Gasteiger partial charge in [0.15, 0.2) is 5.60 Å². The van der Waals surface area contributed by atoms with E-state index in [0.29, 0.717) is 5.92 Å². The Morgan fingerprint density at radius 2 is 2.35 bits per heavy atom. The third-order valence-electron chi connectivity index (χ3n) is 4.20. The van der Waals surface area contributed by atoms with Gasteiger partial charge in [0.1, 0.15) is 12.0 Å². The highest BCUT2D eigenvalue weighted by Crippen LogP contribution is 2.62. The van der Waals surface area contributed by atoms with E-state index in [4.69, 9.17) is 9.47 Å². The second-order valence-electron chi connectivity index (χ2n) is 4.79. The Morgan fingerprint density at radius 3 is 3.12 bits per heavy atom. The monoisotopic (exact) mass is 238 g/mol. The summed E-state index contributed by atoms with van der Waals surface area (Å²) in [6.45, 7) is 0. The second-order valence-corrected chi connectivity index (χ2v) is 4.79. The lowest BCUT2D eigenvalue weighted by Gasteiger charge is -2.45. The molecule has 0 amide bonds. The number of carbonyl (C=O) groups excluding carboxylic acids is 2. The maximum absolute atomic E-state index is 11.6. The second kappa shape index (κ2) is 3.48. The van der Waals surface area contributed by atoms with E-state index in [1.165, 1.54) is 19.4 Å². The molecule has 1 heterocycles. The van der Waals surface area contributed by atoms with Crippen LogP contribution in [0.5, 0.6) is 0 Å². The minimum Gasteiger partial charge on any atom is -0.490 e. The molecule has 2 saturated carbocycles. The van der Waals surface area contributed by atoms with E-state index in [1.807, 2.05) is 0 Å². The highest BCUT2D eigenvalue weighted by Gasteiger charge is 2.73. The predicted octanol–water partition coefficient (Wildman–Crippen LogP) is 0.784. The molecule has 3 fully saturated rings. The van der Waals surface area contributed by atoms with Gasteiger partial charge in [-0.15, -0.1) is 0 Å². The van der Waals surface area contributed by atoms with Gasteiger partial charge in [0, 0.05) is 5.92 Å². The first kappa shape index (κ1) is 10.6. The third kappa shape index (κ3) is 1.25. The van der Waals surface area contributed by atoms with Crippen LogP contribution in [0.3, 0.4) is 0 Å². The first-order valence-corrected chi connectivity index (χ1v) is 5.81. The Morgan fingerprint density at radius 1 is 1.53 bits per heavy atom. The minimum atomic E-state index is -0.498. The van der Waals surface area contributed by atoms with Crippen LogP contribution in [-0.2, 0) is 23.8 Å². The summed E-state index contributed by atoms with van der Waals surface area (Å²) < 4.78 is 15.5. The summed E-state index contributed by atoms with van der Waals surface area (Å²) in [5.74, 6) is -0.388. The molecule has 0 spiro atoms. The van der Waals surface area contributed by atoms with Crippen molar-refractivity contribution in [3.63, 3.8) is 0 Å². The van der Waals surface area contributed by atoms with Crippen molar-refractivity contribution in [1.29, 1.82) is 0 Å². The maximum Gasteiger partial charge on any atom is 0.333 e. The molecule has 0 aromatic carbocycles. The quantitative estimate of drug-likeness (QED) is 0.413. The largest absolute Gasteiger partial charge is 0.490 e. The van der Waals surface area contributed by atoms with Gasteiger partial charge in [-0.25, -0.2) is 4.79 Å². The Hall–Kier alpha value is -1.52. The van der Waals surface area contributed by atoms with E-state index < -0.39 is 11.6 Å². The molecule has 0 radical (unpaired) electrons. The van der Waals surface area contributed by atoms with Crippen molar-refractivity contribution in [3.8, 4) is 0 Å². The Balaban J connectivity index is 1.75. The van der Waals surface area contributed by atoms with Crippen molar-refractivity contribution in [2.45, 2.75) is 31.0 Å². The Kier molecular flexibility index (Phi) is 2.18. The normalized spacial score (nSPS) is 41.9. The topological polar surface area (TPSA) is 61.8 Å². The molecule has 0 unspecified atom stereocenters. The van der Waals surface area contributed by atoms with E-state index in [1.54, 1.807) is 0 Å². The fourth-order valence-electron chi connectivity index (χ4n) is 3.37. The lowest BCUT2D eigenvalue weighted by molar-refractivity contribution is -0.151. The number of hydrogen-bond acceptors (Lipinski definition) is 5. The first-order valence-electron chi connectivity index (χ1n) is 5.81. The Labute approximate surface area is 98.7 Å². The summed E-state index contributed by atoms with van der Waals surface area (Å²) in [6, 6.07) is 0. The molecule has 92 valence electrons. The molecular weight excluding hydrogens is 224 g/mol. The lowest BCUT2D eigenvalue weighted by atomic mass is 9.63. The van der Waals surface area contributed by atoms with E-state index >= 15 is 0 Å². The minimum absolute atomic E-state index is 0.138. The predicted molar refractivity (Wildman–Crippen MR) is 55.7 cm³/mol. The van der Waals surface area contributed by atoms with Gasteiger partial charge in [0.2, 0.25) is 0 Å². The highest BCUT2D eigenvalue weighted by molar-refractivity contribution is 5.81. The van der Waals surface area contributed by atoms with Gasteiger partial charge < -0.3 is 14.2 Å². The molecule has 1 aliphatic heterocycles. The molecule has 5 heteroatoms. The molecular formula is C12H14O5. The third-order valence-corrected chi connectivity index (χ3v) is 4.20. The first-order chi connectivity index (χ1) is 8.18. The molecule has 0 aromatic rings. The molecule has 5 nitrogen and oxygen atoms in total. The number of hydrogen-bond donors (Lipinski definition) is 0. The van der Waals surface area contributed by atoms with Crippen molar-refractivity contribution in [2.75, 3.05) is 7.11 Å². The van der Waals surface area contributed by atoms with Crippen LogP contribution in [0.4, 0.5) is 0 Å². The zero-order chi connectivity index (χ0) is 12.0. The van der Waals surface area contributed by atoms with Crippen LogP contribution in [0.25, 0.3) is 0 Å². The Bertz CT molecular complexity index is 402. The summed E-state index contributed by atoms with van der Waals surface area (Å²) in [5.41, 5.74) is -0.498. The number of carbonyl (C=O) groups is 2. The van der Waals surface area contributed by atoms with Crippen LogP contribution in [0.2, 0.25) is 0 Å². The van der Waals surface area contributed by atoms with Gasteiger partial charge in [-0.1, -0.05) is 0 Å². The standard InChI is InChI=1S/C12H14O5/c1-15-10(13)4-5-16-12-7-2-3-9(12)17-11(14)8(12)6-7/h4-5,7-9H,2-3,6H2,1H3/b5-4+/t7-,8-,9-,12+/m0/s1. The molecule has 3 rings (SSSR count). The van der Waals surface area contributed by atoms with E-state index in [2.05, 4.69) is 4.74 Å². The summed E-state index contributed by atoms with van der Waals surface area (Å²) in [4.78, 5) is 22.5. The molecule has 2 aliphatic carbocycles. The molecule has 1 saturated heterocycles. The zero-order valence-corrected chi connectivity index (χ0v) is 9.55. The van der Waals surface area contributed by atoms with Crippen LogP contribution in [0.1, 0.15) is 19.3 Å². The van der Waals surface area contributed by atoms with Gasteiger partial charge in [-0.05, 0) is 19.3 Å². The number of ether oxygens (including phenoxy) is 3. The van der Waals surface area contributed by atoms with Crippen LogP contribution in [-0.4, -0.2) is 30.8 Å². The average molecular weight is 238 g/mol. The van der Waals surface area contributed by atoms with Gasteiger partial charge in [0.05, 0.1) is 19.4 Å². The van der Waals surface area contributed by atoms with Crippen molar-refractivity contribution in [1.82, 2.24) is 0 Å². The van der Waals surface area contributed by atoms with E-state index in [-0.39, 0.29) is 18.0 Å². The average Bonchev–Trinajstić information content (AvgIpc) is 2.62. The molecule has 0 bridgehead atoms. The van der Waals surface area contributed by atoms with Gasteiger partial charge >= 0.3 is 11.9 Å². The van der Waals surface area contributed by atoms with Gasteiger partial charge in [0.25, 0.3) is 0 Å². The molecule has 4 atom stereocenters. The zero-order valence-electron chi connectivity index (χ0n) is 9.55.